The summed E-state index contributed by atoms with van der Waals surface area (Å²) in [6, 6.07) is 1.94. The quantitative estimate of drug-likeness (QED) is 0.598. The predicted octanol–water partition coefficient (Wildman–Crippen LogP) is 0.780. The van der Waals surface area contributed by atoms with Crippen molar-refractivity contribution >= 4 is 5.97 Å². The van der Waals surface area contributed by atoms with E-state index in [-0.39, 0.29) is 0 Å². The van der Waals surface area contributed by atoms with Crippen molar-refractivity contribution in [2.24, 2.45) is 0 Å². The van der Waals surface area contributed by atoms with Crippen molar-refractivity contribution in [1.82, 2.24) is 0 Å². The van der Waals surface area contributed by atoms with Crippen molar-refractivity contribution in [2.75, 3.05) is 6.61 Å². The Morgan fingerprint density at radius 2 is 2.45 bits per heavy atom. The van der Waals surface area contributed by atoms with Gasteiger partial charge in [-0.3, -0.25) is 0 Å². The van der Waals surface area contributed by atoms with Crippen molar-refractivity contribution in [2.45, 2.75) is 25.9 Å². The Kier molecular flexibility index (Phi) is 5.13. The molecule has 0 radical (unpaired) electrons. The van der Waals surface area contributed by atoms with Crippen LogP contribution in [0.25, 0.3) is 0 Å². The number of nitriles is 1. The molecule has 0 aromatic heterocycles. The molecule has 0 bridgehead atoms. The topological polar surface area (TPSA) is 70.3 Å². The molecule has 0 aliphatic carbocycles. The second-order valence-corrected chi connectivity index (χ2v) is 2.11. The highest BCUT2D eigenvalue weighted by Crippen LogP contribution is 1.94. The van der Waals surface area contributed by atoms with E-state index in [4.69, 9.17) is 15.1 Å². The van der Waals surface area contributed by atoms with Crippen LogP contribution in [0.15, 0.2) is 0 Å². The third kappa shape index (κ3) is 5.37. The Balaban J connectivity index is 3.26. The van der Waals surface area contributed by atoms with Crippen LogP contribution in [-0.4, -0.2) is 23.8 Å². The molecule has 0 aliphatic heterocycles. The Hall–Kier alpha value is -1.08. The predicted molar refractivity (Wildman–Crippen MR) is 37.9 cm³/mol. The molecule has 0 aliphatic rings. The Bertz CT molecular complexity index is 162. The first-order valence-corrected chi connectivity index (χ1v) is 3.40. The first kappa shape index (κ1) is 9.92. The maximum Gasteiger partial charge on any atom is 0.332 e. The standard InChI is InChI=1S/C7H11NO3/c1-6(7(9)10)11-5-3-2-4-8/h6H,2-3,5H2,1H3,(H,9,10). The summed E-state index contributed by atoms with van der Waals surface area (Å²) in [5, 5.41) is 16.5. The molecule has 11 heavy (non-hydrogen) atoms. The van der Waals surface area contributed by atoms with Gasteiger partial charge in [-0.05, 0) is 13.3 Å². The van der Waals surface area contributed by atoms with Gasteiger partial charge in [-0.1, -0.05) is 0 Å². The van der Waals surface area contributed by atoms with E-state index >= 15 is 0 Å². The van der Waals surface area contributed by atoms with Crippen LogP contribution in [0.4, 0.5) is 0 Å². The lowest BCUT2D eigenvalue weighted by atomic mass is 10.3. The fraction of sp³-hybridized carbons (Fsp3) is 0.714. The van der Waals surface area contributed by atoms with Crippen molar-refractivity contribution < 1.29 is 14.6 Å². The van der Waals surface area contributed by atoms with Gasteiger partial charge in [0.05, 0.1) is 6.07 Å². The maximum absolute atomic E-state index is 10.2. The SMILES string of the molecule is CC(OCCCC#N)C(=O)O. The number of hydrogen-bond donors (Lipinski definition) is 1. The van der Waals surface area contributed by atoms with Crippen LogP contribution in [0.3, 0.4) is 0 Å². The third-order valence-electron chi connectivity index (χ3n) is 1.15. The van der Waals surface area contributed by atoms with Gasteiger partial charge in [0.25, 0.3) is 0 Å². The second kappa shape index (κ2) is 5.69. The number of carboxylic acids is 1. The van der Waals surface area contributed by atoms with Crippen LogP contribution in [0.1, 0.15) is 19.8 Å². The average molecular weight is 157 g/mol. The third-order valence-corrected chi connectivity index (χ3v) is 1.15. The summed E-state index contributed by atoms with van der Waals surface area (Å²) in [5.74, 6) is -0.970. The Morgan fingerprint density at radius 3 is 2.91 bits per heavy atom. The van der Waals surface area contributed by atoms with Crippen LogP contribution in [0.2, 0.25) is 0 Å². The number of unbranched alkanes of at least 4 members (excludes halogenated alkanes) is 1. The molecule has 62 valence electrons. The Morgan fingerprint density at radius 1 is 1.82 bits per heavy atom. The van der Waals surface area contributed by atoms with Crippen LogP contribution >= 0.6 is 0 Å². The van der Waals surface area contributed by atoms with Gasteiger partial charge in [0.15, 0.2) is 6.10 Å². The summed E-state index contributed by atoms with van der Waals surface area (Å²) in [4.78, 5) is 10.2. The lowest BCUT2D eigenvalue weighted by Crippen LogP contribution is -2.20. The molecule has 4 heteroatoms. The minimum Gasteiger partial charge on any atom is -0.479 e. The molecule has 1 unspecified atom stereocenters. The van der Waals surface area contributed by atoms with Crippen molar-refractivity contribution in [3.8, 4) is 6.07 Å². The molecule has 4 nitrogen and oxygen atoms in total. The lowest BCUT2D eigenvalue weighted by molar-refractivity contribution is -0.149. The van der Waals surface area contributed by atoms with E-state index in [1.807, 2.05) is 6.07 Å². The molecule has 0 aromatic carbocycles. The normalized spacial score (nSPS) is 12.0. The van der Waals surface area contributed by atoms with E-state index in [0.717, 1.165) is 0 Å². The van der Waals surface area contributed by atoms with Crippen molar-refractivity contribution in [3.05, 3.63) is 0 Å². The van der Waals surface area contributed by atoms with Gasteiger partial charge in [0, 0.05) is 13.0 Å². The Labute approximate surface area is 65.4 Å². The van der Waals surface area contributed by atoms with Gasteiger partial charge in [-0.2, -0.15) is 5.26 Å². The largest absolute Gasteiger partial charge is 0.479 e. The smallest absolute Gasteiger partial charge is 0.332 e. The monoisotopic (exact) mass is 157 g/mol. The highest BCUT2D eigenvalue weighted by Gasteiger charge is 2.09. The first-order valence-electron chi connectivity index (χ1n) is 3.40. The molecule has 0 rings (SSSR count). The van der Waals surface area contributed by atoms with E-state index in [0.29, 0.717) is 19.4 Å². The number of nitrogens with zero attached hydrogens (tertiary/aromatic N) is 1. The first-order chi connectivity index (χ1) is 5.18. The summed E-state index contributed by atoms with van der Waals surface area (Å²) in [6.45, 7) is 1.80. The number of aliphatic carboxylic acids is 1. The molecule has 0 saturated heterocycles. The minimum absolute atomic E-state index is 0.334. The highest BCUT2D eigenvalue weighted by molar-refractivity contribution is 5.71. The zero-order valence-electron chi connectivity index (χ0n) is 6.41. The van der Waals surface area contributed by atoms with Crippen LogP contribution < -0.4 is 0 Å². The van der Waals surface area contributed by atoms with Crippen molar-refractivity contribution in [1.29, 1.82) is 5.26 Å². The number of rotatable bonds is 5. The van der Waals surface area contributed by atoms with Crippen molar-refractivity contribution in [3.63, 3.8) is 0 Å². The molecule has 0 heterocycles. The summed E-state index contributed by atoms with van der Waals surface area (Å²) >= 11 is 0. The summed E-state index contributed by atoms with van der Waals surface area (Å²) in [5.41, 5.74) is 0. The van der Waals surface area contributed by atoms with Gasteiger partial charge >= 0.3 is 5.97 Å². The molecule has 1 N–H and O–H groups in total. The molecule has 0 amide bonds. The molecular formula is C7H11NO3. The van der Waals surface area contributed by atoms with E-state index < -0.39 is 12.1 Å². The fourth-order valence-electron chi connectivity index (χ4n) is 0.483. The van der Waals surface area contributed by atoms with Gasteiger partial charge in [-0.15, -0.1) is 0 Å². The number of carbonyl (C=O) groups is 1. The van der Waals surface area contributed by atoms with Crippen LogP contribution in [0, 0.1) is 11.3 Å². The van der Waals surface area contributed by atoms with Gasteiger partial charge in [0.1, 0.15) is 0 Å². The lowest BCUT2D eigenvalue weighted by Gasteiger charge is -2.05. The van der Waals surface area contributed by atoms with E-state index in [9.17, 15) is 4.79 Å². The van der Waals surface area contributed by atoms with Crippen LogP contribution in [0.5, 0.6) is 0 Å². The summed E-state index contributed by atoms with van der Waals surface area (Å²) < 4.78 is 4.85. The fourth-order valence-corrected chi connectivity index (χ4v) is 0.483. The van der Waals surface area contributed by atoms with Crippen LogP contribution in [-0.2, 0) is 9.53 Å². The molecule has 0 saturated carbocycles. The van der Waals surface area contributed by atoms with E-state index in [1.165, 1.54) is 6.92 Å². The van der Waals surface area contributed by atoms with E-state index in [1.54, 1.807) is 0 Å². The zero-order valence-corrected chi connectivity index (χ0v) is 6.41. The van der Waals surface area contributed by atoms with Gasteiger partial charge < -0.3 is 9.84 Å². The minimum atomic E-state index is -0.970. The maximum atomic E-state index is 10.2. The molecular weight excluding hydrogens is 146 g/mol. The number of ether oxygens (including phenoxy) is 1. The summed E-state index contributed by atoms with van der Waals surface area (Å²) in [6.07, 6.45) is 0.231. The van der Waals surface area contributed by atoms with Gasteiger partial charge in [0.2, 0.25) is 0 Å². The zero-order chi connectivity index (χ0) is 8.69. The van der Waals surface area contributed by atoms with E-state index in [2.05, 4.69) is 0 Å². The average Bonchev–Trinajstić information content (AvgIpc) is 1.97. The summed E-state index contributed by atoms with van der Waals surface area (Å²) in [7, 11) is 0. The molecule has 0 fully saturated rings. The number of carboxylic acid groups (broad SMARTS) is 1. The molecule has 0 aromatic rings. The number of hydrogen-bond acceptors (Lipinski definition) is 3. The molecule has 0 spiro atoms. The van der Waals surface area contributed by atoms with Gasteiger partial charge in [-0.25, -0.2) is 4.79 Å². The highest BCUT2D eigenvalue weighted by atomic mass is 16.5. The molecule has 1 atom stereocenters. The second-order valence-electron chi connectivity index (χ2n) is 2.11.